The number of sulfone groups is 1. The number of amides is 1. The highest BCUT2D eigenvalue weighted by Gasteiger charge is 2.48. The maximum absolute atomic E-state index is 14.2. The molecule has 2 N–H and O–H groups in total. The van der Waals surface area contributed by atoms with E-state index in [2.05, 4.69) is 32.1 Å². The maximum atomic E-state index is 14.2. The van der Waals surface area contributed by atoms with E-state index >= 15 is 0 Å². The van der Waals surface area contributed by atoms with E-state index in [9.17, 15) is 34.8 Å². The van der Waals surface area contributed by atoms with Gasteiger partial charge in [0.25, 0.3) is 25.8 Å². The van der Waals surface area contributed by atoms with Crippen LogP contribution in [0, 0.1) is 0 Å². The molecule has 356 valence electrons. The van der Waals surface area contributed by atoms with E-state index in [0.717, 1.165) is 73.3 Å². The minimum Gasteiger partial charge on any atom is -0.380 e. The number of piperazine rings is 1. The monoisotopic (exact) mass is 987 g/mol. The van der Waals surface area contributed by atoms with Crippen LogP contribution in [0.4, 0.5) is 24.5 Å². The van der Waals surface area contributed by atoms with Crippen LogP contribution in [-0.4, -0.2) is 114 Å². The van der Waals surface area contributed by atoms with E-state index < -0.39 is 52.8 Å². The fourth-order valence-electron chi connectivity index (χ4n) is 8.89. The van der Waals surface area contributed by atoms with Crippen molar-refractivity contribution in [2.45, 2.75) is 90.8 Å². The lowest BCUT2D eigenvalue weighted by atomic mass is 9.95. The number of carbonyl (C=O) groups is 1. The molecule has 4 aromatic rings. The summed E-state index contributed by atoms with van der Waals surface area (Å²) in [4.78, 5) is 19.1. The molecule has 2 heterocycles. The Kier molecular flexibility index (Phi) is 16.5. The molecule has 0 unspecified atom stereocenters. The molecule has 11 nitrogen and oxygen atoms in total. The number of morpholine rings is 1. The first-order valence-corrected chi connectivity index (χ1v) is 26.7. The van der Waals surface area contributed by atoms with E-state index in [1.165, 1.54) is 59.9 Å². The maximum Gasteiger partial charge on any atom is 0.501 e. The number of ether oxygens (including phenoxy) is 1. The Morgan fingerprint density at radius 2 is 1.50 bits per heavy atom. The van der Waals surface area contributed by atoms with Gasteiger partial charge in [-0.05, 0) is 124 Å². The van der Waals surface area contributed by atoms with Crippen molar-refractivity contribution in [2.75, 3.05) is 68.3 Å². The lowest BCUT2D eigenvalue weighted by molar-refractivity contribution is -0.0682. The van der Waals surface area contributed by atoms with Crippen LogP contribution in [0.25, 0.3) is 5.57 Å². The number of thioether (sulfide) groups is 1. The molecule has 18 heteroatoms. The van der Waals surface area contributed by atoms with Crippen LogP contribution in [0.2, 0.25) is 5.02 Å². The van der Waals surface area contributed by atoms with Crippen LogP contribution in [0.5, 0.6) is 0 Å². The predicted octanol–water partition coefficient (Wildman–Crippen LogP) is 9.36. The second kappa shape index (κ2) is 21.9. The number of hydrogen-bond acceptors (Lipinski definition) is 11. The average molecular weight is 989 g/mol. The predicted molar refractivity (Wildman–Crippen MR) is 257 cm³/mol. The molecular weight excluding hydrogens is 931 g/mol. The highest BCUT2D eigenvalue weighted by Crippen LogP contribution is 2.37. The van der Waals surface area contributed by atoms with Crippen LogP contribution < -0.4 is 14.9 Å². The zero-order valence-corrected chi connectivity index (χ0v) is 40.3. The van der Waals surface area contributed by atoms with Crippen molar-refractivity contribution in [3.8, 4) is 0 Å². The SMILES string of the molecule is C[C@@H]1CN(CC[C@H](CSc2ccccc2)Nc2ccc(S(=O)(=O)NC(=O)c3ccc(N4CCN(CC5=C(c6ccc(Cl)cc6)CCCCC5)CC4)cc3)cc2S(=O)(=O)C(F)(F)F)C[C@H](C)O1. The molecule has 3 atom stereocenters. The summed E-state index contributed by atoms with van der Waals surface area (Å²) in [5.41, 5.74) is -1.17. The molecule has 66 heavy (non-hydrogen) atoms. The highest BCUT2D eigenvalue weighted by atomic mass is 35.5. The summed E-state index contributed by atoms with van der Waals surface area (Å²) < 4.78 is 104. The summed E-state index contributed by atoms with van der Waals surface area (Å²) in [6, 6.07) is 25.8. The fourth-order valence-corrected chi connectivity index (χ4v) is 12.0. The van der Waals surface area contributed by atoms with Crippen molar-refractivity contribution in [1.29, 1.82) is 0 Å². The van der Waals surface area contributed by atoms with Gasteiger partial charge in [0.05, 0.1) is 22.8 Å². The first kappa shape index (κ1) is 49.8. The van der Waals surface area contributed by atoms with Crippen LogP contribution in [-0.2, 0) is 24.6 Å². The third kappa shape index (κ3) is 12.9. The van der Waals surface area contributed by atoms with E-state index in [1.807, 2.05) is 61.0 Å². The van der Waals surface area contributed by atoms with Crippen molar-refractivity contribution < 1.29 is 39.5 Å². The average Bonchev–Trinajstić information content (AvgIpc) is 3.52. The van der Waals surface area contributed by atoms with Gasteiger partial charge in [-0.15, -0.1) is 11.8 Å². The van der Waals surface area contributed by atoms with Gasteiger partial charge in [-0.2, -0.15) is 13.2 Å². The molecule has 0 radical (unpaired) electrons. The first-order chi connectivity index (χ1) is 31.4. The molecule has 1 amide bonds. The largest absolute Gasteiger partial charge is 0.501 e. The van der Waals surface area contributed by atoms with Gasteiger partial charge in [0, 0.05) is 85.3 Å². The van der Waals surface area contributed by atoms with Crippen molar-refractivity contribution >= 4 is 66.1 Å². The van der Waals surface area contributed by atoms with Crippen LogP contribution in [0.15, 0.2) is 117 Å². The van der Waals surface area contributed by atoms with Gasteiger partial charge in [-0.25, -0.2) is 21.6 Å². The molecule has 0 aromatic heterocycles. The van der Waals surface area contributed by atoms with Gasteiger partial charge in [0.15, 0.2) is 0 Å². The Morgan fingerprint density at radius 1 is 0.833 bits per heavy atom. The molecular formula is C48H57ClF3N5O6S3. The molecule has 4 aromatic carbocycles. The van der Waals surface area contributed by atoms with Crippen molar-refractivity contribution in [3.63, 3.8) is 0 Å². The summed E-state index contributed by atoms with van der Waals surface area (Å²) in [6.07, 6.45) is 6.06. The van der Waals surface area contributed by atoms with Gasteiger partial charge >= 0.3 is 5.51 Å². The molecule has 2 saturated heterocycles. The molecule has 2 aliphatic heterocycles. The summed E-state index contributed by atoms with van der Waals surface area (Å²) in [7, 11) is -10.9. The van der Waals surface area contributed by atoms with Gasteiger partial charge in [-0.3, -0.25) is 14.6 Å². The van der Waals surface area contributed by atoms with E-state index in [1.54, 1.807) is 12.1 Å². The Morgan fingerprint density at radius 3 is 2.17 bits per heavy atom. The van der Waals surface area contributed by atoms with Gasteiger partial charge in [0.2, 0.25) is 0 Å². The molecule has 3 aliphatic rings. The Bertz CT molecular complexity index is 2530. The summed E-state index contributed by atoms with van der Waals surface area (Å²) in [6.45, 7) is 9.84. The standard InChI is InChI=1S/C48H57ClF3N5O6S3/c1-34-30-56(31-35(2)63-34)24-23-40(33-64-42-10-6-4-7-11-42)53-45-22-21-43(29-46(45)65(59,60)48(50,51)52)66(61,62)54-47(58)37-15-19-41(20-16-37)57-27-25-55(26-28-57)32-38-9-5-3-8-12-44(38)36-13-17-39(49)18-14-36/h4,6-7,10-11,13-22,29,34-35,40,53H,3,5,8-9,12,23-28,30-33H2,1-2H3,(H,54,58)/t34-,35+,40-/m1/s1. The molecule has 2 fully saturated rings. The zero-order chi connectivity index (χ0) is 47.1. The lowest BCUT2D eigenvalue weighted by Gasteiger charge is -2.37. The fraction of sp³-hybridized carbons (Fsp3) is 0.438. The molecule has 0 saturated carbocycles. The topological polar surface area (TPSA) is 128 Å². The second-order valence-corrected chi connectivity index (χ2v) is 22.4. The molecule has 0 bridgehead atoms. The summed E-state index contributed by atoms with van der Waals surface area (Å²) in [5.74, 6) is -0.659. The first-order valence-electron chi connectivity index (χ1n) is 22.3. The number of allylic oxidation sites excluding steroid dienone is 1. The van der Waals surface area contributed by atoms with Crippen LogP contribution in [0.3, 0.4) is 0 Å². The number of benzene rings is 4. The minimum atomic E-state index is -6.06. The number of carbonyl (C=O) groups excluding carboxylic acids is 1. The number of sulfonamides is 1. The smallest absolute Gasteiger partial charge is 0.380 e. The van der Waals surface area contributed by atoms with E-state index in [-0.39, 0.29) is 17.8 Å². The van der Waals surface area contributed by atoms with E-state index in [0.29, 0.717) is 37.9 Å². The summed E-state index contributed by atoms with van der Waals surface area (Å²) >= 11 is 7.63. The number of rotatable bonds is 16. The third-order valence-corrected chi connectivity index (χ3v) is 16.5. The molecule has 7 rings (SSSR count). The summed E-state index contributed by atoms with van der Waals surface area (Å²) in [5, 5.41) is 3.74. The van der Waals surface area contributed by atoms with Gasteiger partial charge in [-0.1, -0.05) is 53.9 Å². The Labute approximate surface area is 396 Å². The van der Waals surface area contributed by atoms with Crippen molar-refractivity contribution in [3.05, 3.63) is 119 Å². The number of anilines is 2. The normalized spacial score (nSPS) is 19.9. The van der Waals surface area contributed by atoms with Gasteiger partial charge < -0.3 is 15.0 Å². The second-order valence-electron chi connectivity index (χ2n) is 17.3. The quantitative estimate of drug-likeness (QED) is 0.104. The Balaban J connectivity index is 1.02. The third-order valence-electron chi connectivity index (χ3n) is 12.2. The highest BCUT2D eigenvalue weighted by molar-refractivity contribution is 7.99. The minimum absolute atomic E-state index is 0.000210. The van der Waals surface area contributed by atoms with Crippen LogP contribution >= 0.6 is 23.4 Å². The molecule has 1 aliphatic carbocycles. The van der Waals surface area contributed by atoms with Gasteiger partial charge in [0.1, 0.15) is 4.90 Å². The number of alkyl halides is 3. The number of halogens is 4. The van der Waals surface area contributed by atoms with Crippen molar-refractivity contribution in [2.24, 2.45) is 0 Å². The lowest BCUT2D eigenvalue weighted by Crippen LogP contribution is -2.47. The molecule has 0 spiro atoms. The van der Waals surface area contributed by atoms with Crippen LogP contribution in [0.1, 0.15) is 68.3 Å². The Hall–Kier alpha value is -4.10. The van der Waals surface area contributed by atoms with Crippen molar-refractivity contribution in [1.82, 2.24) is 14.5 Å². The zero-order valence-electron chi connectivity index (χ0n) is 37.1. The van der Waals surface area contributed by atoms with E-state index in [4.69, 9.17) is 16.3 Å². The number of hydrogen-bond donors (Lipinski definition) is 2. The number of nitrogens with zero attached hydrogens (tertiary/aromatic N) is 3. The number of nitrogens with one attached hydrogen (secondary N) is 2.